The number of rotatable bonds is 1. The molecule has 0 saturated heterocycles. The molecule has 2 amide bonds. The number of nitrogens with zero attached hydrogens (tertiary/aromatic N) is 2. The fraction of sp³-hybridized carbons (Fsp3) is 0.526. The van der Waals surface area contributed by atoms with Gasteiger partial charge in [-0.25, -0.2) is 5.43 Å². The van der Waals surface area contributed by atoms with Crippen LogP contribution in [0, 0.1) is 11.8 Å². The Labute approximate surface area is 142 Å². The Balaban J connectivity index is 1.76. The van der Waals surface area contributed by atoms with Crippen LogP contribution in [0.15, 0.2) is 23.3 Å². The number of fused-ring (bicyclic) bond motifs is 2. The van der Waals surface area contributed by atoms with Gasteiger partial charge in [0.1, 0.15) is 0 Å². The zero-order valence-corrected chi connectivity index (χ0v) is 14.2. The minimum atomic E-state index is 0.0645. The number of hydrazone groups is 1. The fourth-order valence-electron chi connectivity index (χ4n) is 4.37. The molecule has 1 aromatic carbocycles. The number of amides is 2. The SMILES string of the molecule is CC1CCC(=O)N(C)c2ccc(C3=NNC(=O)C4CCCC34)cc21. The number of carbonyl (C=O) groups excluding carboxylic acids is 2. The Morgan fingerprint density at radius 2 is 1.96 bits per heavy atom. The topological polar surface area (TPSA) is 61.8 Å². The van der Waals surface area contributed by atoms with Crippen LogP contribution in [0.5, 0.6) is 0 Å². The molecule has 2 aliphatic heterocycles. The smallest absolute Gasteiger partial charge is 0.243 e. The molecule has 3 aliphatic rings. The van der Waals surface area contributed by atoms with E-state index in [4.69, 9.17) is 0 Å². The van der Waals surface area contributed by atoms with Crippen molar-refractivity contribution in [2.24, 2.45) is 16.9 Å². The fourth-order valence-corrected chi connectivity index (χ4v) is 4.37. The summed E-state index contributed by atoms with van der Waals surface area (Å²) in [5.74, 6) is 0.878. The summed E-state index contributed by atoms with van der Waals surface area (Å²) in [6.45, 7) is 2.18. The van der Waals surface area contributed by atoms with E-state index in [1.807, 2.05) is 19.2 Å². The van der Waals surface area contributed by atoms with E-state index in [9.17, 15) is 9.59 Å². The third-order valence-electron chi connectivity index (χ3n) is 5.87. The average molecular weight is 325 g/mol. The summed E-state index contributed by atoms with van der Waals surface area (Å²) in [7, 11) is 1.85. The molecule has 126 valence electrons. The lowest BCUT2D eigenvalue weighted by Gasteiger charge is -2.26. The van der Waals surface area contributed by atoms with Gasteiger partial charge in [0.2, 0.25) is 11.8 Å². The molecule has 0 bridgehead atoms. The largest absolute Gasteiger partial charge is 0.315 e. The van der Waals surface area contributed by atoms with E-state index in [2.05, 4.69) is 23.5 Å². The first-order chi connectivity index (χ1) is 11.6. The van der Waals surface area contributed by atoms with Gasteiger partial charge < -0.3 is 4.90 Å². The molecule has 0 spiro atoms. The van der Waals surface area contributed by atoms with Crippen LogP contribution in [0.25, 0.3) is 0 Å². The van der Waals surface area contributed by atoms with Gasteiger partial charge >= 0.3 is 0 Å². The molecule has 0 radical (unpaired) electrons. The van der Waals surface area contributed by atoms with Crippen LogP contribution in [0.2, 0.25) is 0 Å². The molecule has 3 unspecified atom stereocenters. The van der Waals surface area contributed by atoms with E-state index in [-0.39, 0.29) is 23.7 Å². The van der Waals surface area contributed by atoms with Crippen LogP contribution in [0.1, 0.15) is 56.1 Å². The highest BCUT2D eigenvalue weighted by atomic mass is 16.2. The van der Waals surface area contributed by atoms with Crippen molar-refractivity contribution in [3.63, 3.8) is 0 Å². The van der Waals surface area contributed by atoms with Crippen LogP contribution < -0.4 is 10.3 Å². The molecule has 4 rings (SSSR count). The van der Waals surface area contributed by atoms with Gasteiger partial charge in [0.25, 0.3) is 0 Å². The van der Waals surface area contributed by atoms with Crippen molar-refractivity contribution in [3.8, 4) is 0 Å². The van der Waals surface area contributed by atoms with Crippen LogP contribution in [-0.4, -0.2) is 24.6 Å². The zero-order chi connectivity index (χ0) is 16.8. The molecular weight excluding hydrogens is 302 g/mol. The van der Waals surface area contributed by atoms with Gasteiger partial charge in [-0.1, -0.05) is 19.4 Å². The number of nitrogens with one attached hydrogen (secondary N) is 1. The second-order valence-electron chi connectivity index (χ2n) is 7.28. The number of hydrogen-bond donors (Lipinski definition) is 1. The highest BCUT2D eigenvalue weighted by Gasteiger charge is 2.39. The van der Waals surface area contributed by atoms with Gasteiger partial charge in [-0.05, 0) is 48.4 Å². The summed E-state index contributed by atoms with van der Waals surface area (Å²) in [4.78, 5) is 25.9. The molecule has 1 fully saturated rings. The van der Waals surface area contributed by atoms with Gasteiger partial charge in [0.05, 0.1) is 5.71 Å². The monoisotopic (exact) mass is 325 g/mol. The van der Waals surface area contributed by atoms with Gasteiger partial charge in [0, 0.05) is 31.0 Å². The Kier molecular flexibility index (Phi) is 3.66. The Bertz CT molecular complexity index is 740. The van der Waals surface area contributed by atoms with Crippen LogP contribution in [0.3, 0.4) is 0 Å². The summed E-state index contributed by atoms with van der Waals surface area (Å²) in [6.07, 6.45) is 4.52. The molecule has 1 saturated carbocycles. The number of anilines is 1. The molecule has 2 heterocycles. The number of carbonyl (C=O) groups is 2. The Morgan fingerprint density at radius 1 is 1.17 bits per heavy atom. The zero-order valence-electron chi connectivity index (χ0n) is 14.2. The maximum absolute atomic E-state index is 12.1. The minimum Gasteiger partial charge on any atom is -0.315 e. The first-order valence-corrected chi connectivity index (χ1v) is 8.84. The first kappa shape index (κ1) is 15.4. The summed E-state index contributed by atoms with van der Waals surface area (Å²) in [5.41, 5.74) is 7.00. The standard InChI is InChI=1S/C19H23N3O2/c1-11-6-9-17(23)22(2)16-8-7-12(10-15(11)16)18-13-4-3-5-14(13)19(24)21-20-18/h7-8,10-11,13-14H,3-6,9H2,1-2H3,(H,21,24). The van der Waals surface area contributed by atoms with E-state index >= 15 is 0 Å². The molecule has 3 atom stereocenters. The summed E-state index contributed by atoms with van der Waals surface area (Å²) >= 11 is 0. The lowest BCUT2D eigenvalue weighted by atomic mass is 9.84. The Hall–Kier alpha value is -2.17. The highest BCUT2D eigenvalue weighted by molar-refractivity contribution is 6.07. The number of hydrogen-bond acceptors (Lipinski definition) is 3. The van der Waals surface area contributed by atoms with Crippen LogP contribution in [-0.2, 0) is 9.59 Å². The average Bonchev–Trinajstić information content (AvgIpc) is 3.05. The first-order valence-electron chi connectivity index (χ1n) is 8.84. The Morgan fingerprint density at radius 3 is 2.79 bits per heavy atom. The van der Waals surface area contributed by atoms with Gasteiger partial charge in [0.15, 0.2) is 0 Å². The molecule has 0 aromatic heterocycles. The van der Waals surface area contributed by atoms with Crippen molar-refractivity contribution >= 4 is 23.2 Å². The summed E-state index contributed by atoms with van der Waals surface area (Å²) in [5, 5.41) is 4.39. The molecule has 5 nitrogen and oxygen atoms in total. The second-order valence-corrected chi connectivity index (χ2v) is 7.28. The second kappa shape index (κ2) is 5.72. The van der Waals surface area contributed by atoms with Gasteiger partial charge in [-0.3, -0.25) is 9.59 Å². The maximum Gasteiger partial charge on any atom is 0.243 e. The molecule has 5 heteroatoms. The molecule has 1 aromatic rings. The van der Waals surface area contributed by atoms with Crippen molar-refractivity contribution < 1.29 is 9.59 Å². The van der Waals surface area contributed by atoms with E-state index in [0.29, 0.717) is 12.3 Å². The van der Waals surface area contributed by atoms with Gasteiger partial charge in [-0.2, -0.15) is 5.10 Å². The van der Waals surface area contributed by atoms with E-state index in [1.54, 1.807) is 4.90 Å². The summed E-state index contributed by atoms with van der Waals surface area (Å²) < 4.78 is 0. The predicted octanol–water partition coefficient (Wildman–Crippen LogP) is 2.80. The van der Waals surface area contributed by atoms with Crippen molar-refractivity contribution in [2.45, 2.75) is 44.9 Å². The van der Waals surface area contributed by atoms with E-state index < -0.39 is 0 Å². The van der Waals surface area contributed by atoms with Crippen LogP contribution >= 0.6 is 0 Å². The molecule has 1 aliphatic carbocycles. The third kappa shape index (κ3) is 2.34. The van der Waals surface area contributed by atoms with Crippen molar-refractivity contribution in [3.05, 3.63) is 29.3 Å². The van der Waals surface area contributed by atoms with E-state index in [0.717, 1.165) is 42.6 Å². The molecule has 24 heavy (non-hydrogen) atoms. The minimum absolute atomic E-state index is 0.0645. The highest BCUT2D eigenvalue weighted by Crippen LogP contribution is 2.39. The van der Waals surface area contributed by atoms with E-state index in [1.165, 1.54) is 5.56 Å². The quantitative estimate of drug-likeness (QED) is 0.863. The van der Waals surface area contributed by atoms with Crippen molar-refractivity contribution in [1.82, 2.24) is 5.43 Å². The lowest BCUT2D eigenvalue weighted by Crippen LogP contribution is -2.39. The predicted molar refractivity (Wildman–Crippen MR) is 93.0 cm³/mol. The van der Waals surface area contributed by atoms with Crippen molar-refractivity contribution in [1.29, 1.82) is 0 Å². The lowest BCUT2D eigenvalue weighted by molar-refractivity contribution is -0.126. The maximum atomic E-state index is 12.1. The third-order valence-corrected chi connectivity index (χ3v) is 5.87. The molecular formula is C19H23N3O2. The van der Waals surface area contributed by atoms with Crippen LogP contribution in [0.4, 0.5) is 5.69 Å². The van der Waals surface area contributed by atoms with Crippen molar-refractivity contribution in [2.75, 3.05) is 11.9 Å². The summed E-state index contributed by atoms with van der Waals surface area (Å²) in [6, 6.07) is 6.26. The normalized spacial score (nSPS) is 29.5. The molecule has 1 N–H and O–H groups in total. The van der Waals surface area contributed by atoms with Gasteiger partial charge in [-0.15, -0.1) is 0 Å². The number of benzene rings is 1.